The van der Waals surface area contributed by atoms with E-state index in [0.29, 0.717) is 5.29 Å². The van der Waals surface area contributed by atoms with Gasteiger partial charge >= 0.3 is 0 Å². The molecule has 3 aromatic rings. The van der Waals surface area contributed by atoms with Crippen molar-refractivity contribution in [3.8, 4) is 0 Å². The molecule has 0 amide bonds. The molecule has 2 heterocycles. The van der Waals surface area contributed by atoms with Crippen LogP contribution in [-0.2, 0) is 0 Å². The summed E-state index contributed by atoms with van der Waals surface area (Å²) < 4.78 is 5.93. The third kappa shape index (κ3) is 2.15. The molecule has 22 heavy (non-hydrogen) atoms. The van der Waals surface area contributed by atoms with E-state index in [1.54, 1.807) is 0 Å². The summed E-state index contributed by atoms with van der Waals surface area (Å²) in [5.74, 6) is 0. The minimum absolute atomic E-state index is 0.148. The van der Waals surface area contributed by atoms with Crippen LogP contribution in [0.3, 0.4) is 0 Å². The summed E-state index contributed by atoms with van der Waals surface area (Å²) in [6, 6.07) is 14.1. The minimum Gasteiger partial charge on any atom is -0.456 e. The standard InChI is InChI=1S/C16H13Cl2N3O/c1-21-14(19-15(17)20-16(21)18)9-6-7-11-10-4-2-3-5-12(10)22-13(11)8-9/h2-8,14-15,19H,1H3. The Kier molecular flexibility index (Phi) is 3.26. The summed E-state index contributed by atoms with van der Waals surface area (Å²) in [6.45, 7) is 0. The first-order valence-corrected chi connectivity index (χ1v) is 7.72. The molecule has 4 nitrogen and oxygen atoms in total. The van der Waals surface area contributed by atoms with Crippen molar-refractivity contribution in [3.63, 3.8) is 0 Å². The molecule has 0 aliphatic carbocycles. The quantitative estimate of drug-likeness (QED) is 0.535. The molecule has 2 aromatic carbocycles. The minimum atomic E-state index is -0.542. The highest BCUT2D eigenvalue weighted by Crippen LogP contribution is 2.32. The average molecular weight is 334 g/mol. The van der Waals surface area contributed by atoms with Crippen LogP contribution in [0.2, 0.25) is 0 Å². The zero-order valence-corrected chi connectivity index (χ0v) is 13.3. The van der Waals surface area contributed by atoms with Crippen LogP contribution >= 0.6 is 23.2 Å². The Bertz CT molecular complexity index is 889. The number of rotatable bonds is 1. The largest absolute Gasteiger partial charge is 0.456 e. The molecule has 112 valence electrons. The number of amidine groups is 1. The lowest BCUT2D eigenvalue weighted by molar-refractivity contribution is 0.289. The van der Waals surface area contributed by atoms with Crippen LogP contribution < -0.4 is 5.32 Å². The topological polar surface area (TPSA) is 40.8 Å². The SMILES string of the molecule is CN1C(Cl)=NC(Cl)NC1c1ccc2c(c1)oc1ccccc12. The number of para-hydroxylation sites is 1. The number of hydrogen-bond acceptors (Lipinski definition) is 4. The average Bonchev–Trinajstić information content (AvgIpc) is 2.88. The van der Waals surface area contributed by atoms with E-state index in [4.69, 9.17) is 27.6 Å². The van der Waals surface area contributed by atoms with Gasteiger partial charge in [0, 0.05) is 17.8 Å². The van der Waals surface area contributed by atoms with Crippen molar-refractivity contribution < 1.29 is 4.42 Å². The first-order valence-electron chi connectivity index (χ1n) is 6.91. The normalized spacial score (nSPS) is 22.3. The van der Waals surface area contributed by atoms with Gasteiger partial charge in [-0.05, 0) is 29.3 Å². The van der Waals surface area contributed by atoms with Crippen molar-refractivity contribution in [1.29, 1.82) is 0 Å². The van der Waals surface area contributed by atoms with Crippen LogP contribution in [0.25, 0.3) is 21.9 Å². The van der Waals surface area contributed by atoms with Crippen molar-refractivity contribution in [2.24, 2.45) is 4.99 Å². The number of nitrogens with zero attached hydrogens (tertiary/aromatic N) is 2. The first-order chi connectivity index (χ1) is 10.6. The predicted molar refractivity (Wildman–Crippen MR) is 90.3 cm³/mol. The molecule has 1 N–H and O–H groups in total. The molecule has 0 saturated carbocycles. The van der Waals surface area contributed by atoms with Gasteiger partial charge in [0.2, 0.25) is 0 Å². The van der Waals surface area contributed by atoms with E-state index in [0.717, 1.165) is 27.5 Å². The zero-order valence-electron chi connectivity index (χ0n) is 11.8. The second-order valence-electron chi connectivity index (χ2n) is 5.27. The third-order valence-electron chi connectivity index (χ3n) is 3.91. The molecule has 1 aliphatic rings. The number of hydrogen-bond donors (Lipinski definition) is 1. The molecule has 0 spiro atoms. The van der Waals surface area contributed by atoms with Crippen LogP contribution in [-0.4, -0.2) is 22.9 Å². The van der Waals surface area contributed by atoms with Crippen LogP contribution in [0.1, 0.15) is 11.7 Å². The number of alkyl halides is 1. The molecular weight excluding hydrogens is 321 g/mol. The molecule has 4 rings (SSSR count). The van der Waals surface area contributed by atoms with Gasteiger partial charge in [0.1, 0.15) is 17.3 Å². The molecule has 0 saturated heterocycles. The number of fused-ring (bicyclic) bond motifs is 3. The van der Waals surface area contributed by atoms with Gasteiger partial charge in [-0.25, -0.2) is 4.99 Å². The lowest BCUT2D eigenvalue weighted by Crippen LogP contribution is -2.45. The van der Waals surface area contributed by atoms with Gasteiger partial charge in [-0.15, -0.1) is 0 Å². The fourth-order valence-electron chi connectivity index (χ4n) is 2.80. The molecule has 2 atom stereocenters. The van der Waals surface area contributed by atoms with Gasteiger partial charge in [0.05, 0.1) is 0 Å². The summed E-state index contributed by atoms with van der Waals surface area (Å²) in [5, 5.41) is 5.78. The van der Waals surface area contributed by atoms with E-state index in [1.807, 2.05) is 36.2 Å². The van der Waals surface area contributed by atoms with E-state index in [-0.39, 0.29) is 6.17 Å². The highest BCUT2D eigenvalue weighted by molar-refractivity contribution is 6.64. The van der Waals surface area contributed by atoms with Crippen molar-refractivity contribution in [3.05, 3.63) is 48.0 Å². The molecule has 0 bridgehead atoms. The Labute approximate surface area is 137 Å². The first kappa shape index (κ1) is 13.9. The highest BCUT2D eigenvalue weighted by Gasteiger charge is 2.27. The van der Waals surface area contributed by atoms with Crippen LogP contribution in [0.4, 0.5) is 0 Å². The number of aliphatic imine (C=N–C) groups is 1. The summed E-state index contributed by atoms with van der Waals surface area (Å²) in [6.07, 6.45) is -0.148. The van der Waals surface area contributed by atoms with E-state index in [2.05, 4.69) is 28.5 Å². The van der Waals surface area contributed by atoms with Crippen molar-refractivity contribution in [2.75, 3.05) is 7.05 Å². The number of nitrogens with one attached hydrogen (secondary N) is 1. The second kappa shape index (κ2) is 5.16. The number of furan rings is 1. The number of halogens is 2. The summed E-state index contributed by atoms with van der Waals surface area (Å²) in [7, 11) is 1.87. The maximum atomic E-state index is 6.12. The molecule has 6 heteroatoms. The predicted octanol–water partition coefficient (Wildman–Crippen LogP) is 4.24. The summed E-state index contributed by atoms with van der Waals surface area (Å²) in [5.41, 5.74) is 2.21. The van der Waals surface area contributed by atoms with E-state index in [1.165, 1.54) is 0 Å². The molecule has 1 aliphatic heterocycles. The summed E-state index contributed by atoms with van der Waals surface area (Å²) >= 11 is 12.2. The van der Waals surface area contributed by atoms with E-state index >= 15 is 0 Å². The van der Waals surface area contributed by atoms with Gasteiger partial charge in [-0.3, -0.25) is 5.32 Å². The number of benzene rings is 2. The van der Waals surface area contributed by atoms with Crippen LogP contribution in [0, 0.1) is 0 Å². The van der Waals surface area contributed by atoms with E-state index < -0.39 is 5.62 Å². The Hall–Kier alpha value is -1.75. The molecule has 1 aromatic heterocycles. The molecule has 2 unspecified atom stereocenters. The molecule has 0 fully saturated rings. The maximum absolute atomic E-state index is 6.12. The smallest absolute Gasteiger partial charge is 0.197 e. The Morgan fingerprint density at radius 2 is 1.91 bits per heavy atom. The maximum Gasteiger partial charge on any atom is 0.197 e. The third-order valence-corrected chi connectivity index (χ3v) is 4.50. The molecule has 0 radical (unpaired) electrons. The zero-order chi connectivity index (χ0) is 15.3. The van der Waals surface area contributed by atoms with Gasteiger partial charge in [0.15, 0.2) is 10.9 Å². The van der Waals surface area contributed by atoms with Crippen LogP contribution in [0.5, 0.6) is 0 Å². The van der Waals surface area contributed by atoms with Gasteiger partial charge in [-0.2, -0.15) is 0 Å². The lowest BCUT2D eigenvalue weighted by Gasteiger charge is -2.34. The Morgan fingerprint density at radius 3 is 2.77 bits per heavy atom. The van der Waals surface area contributed by atoms with Crippen molar-refractivity contribution in [2.45, 2.75) is 11.8 Å². The molecular formula is C16H13Cl2N3O. The van der Waals surface area contributed by atoms with Gasteiger partial charge < -0.3 is 9.32 Å². The van der Waals surface area contributed by atoms with Crippen LogP contribution in [0.15, 0.2) is 51.9 Å². The Morgan fingerprint density at radius 1 is 1.14 bits per heavy atom. The van der Waals surface area contributed by atoms with Crippen molar-refractivity contribution >= 4 is 50.4 Å². The van der Waals surface area contributed by atoms with Gasteiger partial charge in [0.25, 0.3) is 0 Å². The van der Waals surface area contributed by atoms with Gasteiger partial charge in [-0.1, -0.05) is 41.9 Å². The lowest BCUT2D eigenvalue weighted by atomic mass is 10.1. The monoisotopic (exact) mass is 333 g/mol. The van der Waals surface area contributed by atoms with Crippen molar-refractivity contribution in [1.82, 2.24) is 10.2 Å². The van der Waals surface area contributed by atoms with E-state index in [9.17, 15) is 0 Å². The Balaban J connectivity index is 1.83. The second-order valence-corrected chi connectivity index (χ2v) is 6.02. The highest BCUT2D eigenvalue weighted by atomic mass is 35.5. The fraction of sp³-hybridized carbons (Fsp3) is 0.188. The summed E-state index contributed by atoms with van der Waals surface area (Å²) in [4.78, 5) is 5.91. The fourth-order valence-corrected chi connectivity index (χ4v) is 3.26.